The van der Waals surface area contributed by atoms with Gasteiger partial charge in [-0.15, -0.1) is 0 Å². The first-order chi connectivity index (χ1) is 7.56. The van der Waals surface area contributed by atoms with Crippen molar-refractivity contribution in [1.82, 2.24) is 0 Å². The van der Waals surface area contributed by atoms with Crippen molar-refractivity contribution < 1.29 is 18.8 Å². The highest BCUT2D eigenvalue weighted by atomic mass is 35.5. The zero-order valence-corrected chi connectivity index (χ0v) is 10.1. The number of carbonyl (C=O) groups is 1. The first-order valence-electron chi connectivity index (χ1n) is 4.44. The zero-order valence-electron chi connectivity index (χ0n) is 8.55. The highest BCUT2D eigenvalue weighted by Crippen LogP contribution is 2.15. The summed E-state index contributed by atoms with van der Waals surface area (Å²) in [6, 6.07) is 6.23. The van der Waals surface area contributed by atoms with Crippen LogP contribution in [0.15, 0.2) is 29.2 Å². The van der Waals surface area contributed by atoms with E-state index in [9.17, 15) is 9.00 Å². The molecule has 0 saturated carbocycles. The molecule has 88 valence electrons. The van der Waals surface area contributed by atoms with Gasteiger partial charge in [-0.2, -0.15) is 0 Å². The molecule has 0 aliphatic heterocycles. The third-order valence-corrected chi connectivity index (χ3v) is 3.74. The summed E-state index contributed by atoms with van der Waals surface area (Å²) in [4.78, 5) is 11.3. The van der Waals surface area contributed by atoms with Crippen molar-refractivity contribution in [3.63, 3.8) is 0 Å². The van der Waals surface area contributed by atoms with Crippen LogP contribution < -0.4 is 0 Å². The summed E-state index contributed by atoms with van der Waals surface area (Å²) in [7, 11) is -0.273. The first-order valence-corrected chi connectivity index (χ1v) is 6.03. The van der Waals surface area contributed by atoms with Gasteiger partial charge < -0.3 is 9.84 Å². The van der Waals surface area contributed by atoms with Crippen molar-refractivity contribution in [1.29, 1.82) is 0 Å². The minimum Gasteiger partial charge on any atom is -0.480 e. The molecule has 0 amide bonds. The Morgan fingerprint density at radius 1 is 1.50 bits per heavy atom. The molecule has 2 atom stereocenters. The number of aliphatic carboxylic acids is 1. The molecular formula is C10H11ClO4S. The van der Waals surface area contributed by atoms with Crippen molar-refractivity contribution in [3.05, 3.63) is 29.3 Å². The lowest BCUT2D eigenvalue weighted by Crippen LogP contribution is -2.30. The minimum atomic E-state index is -1.64. The lowest BCUT2D eigenvalue weighted by Gasteiger charge is -2.10. The molecule has 0 saturated heterocycles. The number of methoxy groups -OCH3 is 1. The Labute approximate surface area is 101 Å². The molecule has 1 aromatic rings. The van der Waals surface area contributed by atoms with Gasteiger partial charge in [-0.05, 0) is 24.3 Å². The van der Waals surface area contributed by atoms with E-state index in [1.165, 1.54) is 7.11 Å². The topological polar surface area (TPSA) is 63.6 Å². The molecule has 0 fully saturated rings. The standard InChI is InChI=1S/C10H11ClO4S/c1-15-6-9(10(12)13)16(14)8-4-2-7(11)3-5-8/h2-5,9H,6H2,1H3,(H,12,13). The maximum absolute atomic E-state index is 11.9. The van der Waals surface area contributed by atoms with Crippen LogP contribution in [-0.4, -0.2) is 34.3 Å². The number of halogens is 1. The van der Waals surface area contributed by atoms with Crippen LogP contribution in [0.1, 0.15) is 0 Å². The molecule has 0 aromatic heterocycles. The lowest BCUT2D eigenvalue weighted by molar-refractivity contribution is -0.137. The largest absolute Gasteiger partial charge is 0.480 e. The van der Waals surface area contributed by atoms with Gasteiger partial charge in [-0.25, -0.2) is 0 Å². The van der Waals surface area contributed by atoms with E-state index in [1.807, 2.05) is 0 Å². The van der Waals surface area contributed by atoms with E-state index in [-0.39, 0.29) is 6.61 Å². The lowest BCUT2D eigenvalue weighted by atomic mass is 10.4. The van der Waals surface area contributed by atoms with Crippen molar-refractivity contribution in [2.24, 2.45) is 0 Å². The number of carboxylic acid groups (broad SMARTS) is 1. The summed E-state index contributed by atoms with van der Waals surface area (Å²) in [5.41, 5.74) is 0. The molecular weight excluding hydrogens is 252 g/mol. The van der Waals surface area contributed by atoms with E-state index in [2.05, 4.69) is 0 Å². The van der Waals surface area contributed by atoms with Gasteiger partial charge in [0.05, 0.1) is 17.4 Å². The molecule has 6 heteroatoms. The fourth-order valence-corrected chi connectivity index (χ4v) is 2.41. The molecule has 4 nitrogen and oxygen atoms in total. The molecule has 0 aliphatic carbocycles. The third kappa shape index (κ3) is 3.30. The summed E-state index contributed by atoms with van der Waals surface area (Å²) in [5, 5.41) is 8.34. The fourth-order valence-electron chi connectivity index (χ4n) is 1.11. The highest BCUT2D eigenvalue weighted by molar-refractivity contribution is 7.86. The number of rotatable bonds is 5. The van der Waals surface area contributed by atoms with Crippen LogP contribution in [0, 0.1) is 0 Å². The Kier molecular flexibility index (Phi) is 4.92. The summed E-state index contributed by atoms with van der Waals surface area (Å²) in [6.07, 6.45) is 0. The summed E-state index contributed by atoms with van der Waals surface area (Å²) < 4.78 is 16.6. The van der Waals surface area contributed by atoms with Gasteiger partial charge in [0.2, 0.25) is 0 Å². The van der Waals surface area contributed by atoms with Gasteiger partial charge in [0.1, 0.15) is 0 Å². The van der Waals surface area contributed by atoms with Gasteiger partial charge in [0.25, 0.3) is 0 Å². The SMILES string of the molecule is COCC(C(=O)O)S(=O)c1ccc(Cl)cc1. The molecule has 1 rings (SSSR count). The Morgan fingerprint density at radius 3 is 2.50 bits per heavy atom. The molecule has 0 heterocycles. The maximum Gasteiger partial charge on any atom is 0.322 e. The molecule has 0 bridgehead atoms. The first kappa shape index (κ1) is 13.2. The van der Waals surface area contributed by atoms with Crippen LogP contribution in [-0.2, 0) is 20.3 Å². The van der Waals surface area contributed by atoms with E-state index < -0.39 is 22.0 Å². The number of benzene rings is 1. The molecule has 0 spiro atoms. The Balaban J connectivity index is 2.90. The monoisotopic (exact) mass is 262 g/mol. The Bertz CT molecular complexity index is 390. The zero-order chi connectivity index (χ0) is 12.1. The van der Waals surface area contributed by atoms with Crippen LogP contribution in [0.3, 0.4) is 0 Å². The van der Waals surface area contributed by atoms with E-state index in [1.54, 1.807) is 24.3 Å². The smallest absolute Gasteiger partial charge is 0.322 e. The number of carboxylic acids is 1. The van der Waals surface area contributed by atoms with Crippen molar-refractivity contribution in [3.8, 4) is 0 Å². The molecule has 0 aliphatic rings. The Morgan fingerprint density at radius 2 is 2.06 bits per heavy atom. The van der Waals surface area contributed by atoms with Crippen molar-refractivity contribution >= 4 is 28.4 Å². The maximum atomic E-state index is 11.9. The fraction of sp³-hybridized carbons (Fsp3) is 0.300. The average molecular weight is 263 g/mol. The second-order valence-electron chi connectivity index (χ2n) is 3.03. The molecule has 16 heavy (non-hydrogen) atoms. The van der Waals surface area contributed by atoms with Crippen molar-refractivity contribution in [2.45, 2.75) is 10.1 Å². The third-order valence-electron chi connectivity index (χ3n) is 1.90. The van der Waals surface area contributed by atoms with Crippen LogP contribution in [0.5, 0.6) is 0 Å². The average Bonchev–Trinajstić information content (AvgIpc) is 2.25. The van der Waals surface area contributed by atoms with Crippen LogP contribution >= 0.6 is 11.6 Å². The van der Waals surface area contributed by atoms with Gasteiger partial charge in [-0.3, -0.25) is 9.00 Å². The summed E-state index contributed by atoms with van der Waals surface area (Å²) in [5.74, 6) is -1.14. The number of hydrogen-bond donors (Lipinski definition) is 1. The summed E-state index contributed by atoms with van der Waals surface area (Å²) in [6.45, 7) is -0.0927. The van der Waals surface area contributed by atoms with Gasteiger partial charge in [0, 0.05) is 17.0 Å². The molecule has 2 unspecified atom stereocenters. The predicted octanol–water partition coefficient (Wildman–Crippen LogP) is 1.55. The van der Waals surface area contributed by atoms with Crippen molar-refractivity contribution in [2.75, 3.05) is 13.7 Å². The van der Waals surface area contributed by atoms with E-state index in [0.717, 1.165) is 0 Å². The normalized spacial score (nSPS) is 14.4. The van der Waals surface area contributed by atoms with Crippen LogP contribution in [0.2, 0.25) is 5.02 Å². The number of ether oxygens (including phenoxy) is 1. The molecule has 1 aromatic carbocycles. The van der Waals surface area contributed by atoms with Gasteiger partial charge in [-0.1, -0.05) is 11.6 Å². The minimum absolute atomic E-state index is 0.0927. The van der Waals surface area contributed by atoms with E-state index in [0.29, 0.717) is 9.92 Å². The summed E-state index contributed by atoms with van der Waals surface area (Å²) >= 11 is 5.68. The van der Waals surface area contributed by atoms with E-state index >= 15 is 0 Å². The molecule has 0 radical (unpaired) electrons. The molecule has 1 N–H and O–H groups in total. The van der Waals surface area contributed by atoms with Crippen LogP contribution in [0.25, 0.3) is 0 Å². The highest BCUT2D eigenvalue weighted by Gasteiger charge is 2.25. The van der Waals surface area contributed by atoms with Crippen LogP contribution in [0.4, 0.5) is 0 Å². The van der Waals surface area contributed by atoms with Gasteiger partial charge >= 0.3 is 5.97 Å². The predicted molar refractivity (Wildman–Crippen MR) is 61.2 cm³/mol. The number of hydrogen-bond acceptors (Lipinski definition) is 3. The van der Waals surface area contributed by atoms with Gasteiger partial charge in [0.15, 0.2) is 5.25 Å². The Hall–Kier alpha value is -0.910. The quantitative estimate of drug-likeness (QED) is 0.874. The second kappa shape index (κ2) is 5.98. The second-order valence-corrected chi connectivity index (χ2v) is 5.11. The van der Waals surface area contributed by atoms with E-state index in [4.69, 9.17) is 21.4 Å².